The molecule has 0 spiro atoms. The summed E-state index contributed by atoms with van der Waals surface area (Å²) in [4.78, 5) is 0. The largest absolute Gasteiger partial charge is 0.332 e. The summed E-state index contributed by atoms with van der Waals surface area (Å²) in [5.41, 5.74) is 0. The molecule has 0 rings (SSSR count). The Morgan fingerprint density at radius 2 is 1.12 bits per heavy atom. The van der Waals surface area contributed by atoms with Crippen LogP contribution in [0.4, 0.5) is 0 Å². The molecule has 4 nitrogen and oxygen atoms in total. The fourth-order valence-electron chi connectivity index (χ4n) is 2.49. The summed E-state index contributed by atoms with van der Waals surface area (Å²) in [7, 11) is -0.690. The Morgan fingerprint density at radius 3 is 1.28 bits per heavy atom. The quantitative estimate of drug-likeness (QED) is 0.393. The highest BCUT2D eigenvalue weighted by Gasteiger charge is 2.35. The number of nitrogens with zero attached hydrogens (tertiary/aromatic N) is 3. The minimum absolute atomic E-state index is 0.507. The molecular formula is C20H46N3OP. The van der Waals surface area contributed by atoms with Crippen molar-refractivity contribution in [2.45, 2.75) is 120 Å². The molecule has 0 N–H and O–H groups in total. The standard InChI is InChI=1S/C16H37N2OP.C2H3N.C2H6/c1-10-15(8)17(13(4)5)20(19-12-3)18(14(6)7)16(9)11-2;1-2-3;1-2/h13-16H,10-12H2,1-9H3;1H3;1-2H3. The van der Waals surface area contributed by atoms with Crippen LogP contribution in [-0.2, 0) is 4.52 Å². The smallest absolute Gasteiger partial charge is 0.188 e. The summed E-state index contributed by atoms with van der Waals surface area (Å²) in [6.07, 6.45) is 2.33. The predicted molar refractivity (Wildman–Crippen MR) is 115 cm³/mol. The van der Waals surface area contributed by atoms with E-state index in [2.05, 4.69) is 71.7 Å². The van der Waals surface area contributed by atoms with Crippen molar-refractivity contribution in [1.82, 2.24) is 9.34 Å². The Morgan fingerprint density at radius 1 is 0.840 bits per heavy atom. The van der Waals surface area contributed by atoms with Gasteiger partial charge in [0, 0.05) is 31.1 Å². The van der Waals surface area contributed by atoms with E-state index in [0.717, 1.165) is 19.4 Å². The number of hydrogen-bond donors (Lipinski definition) is 0. The van der Waals surface area contributed by atoms with Crippen molar-refractivity contribution in [2.24, 2.45) is 0 Å². The van der Waals surface area contributed by atoms with Gasteiger partial charge in [0.1, 0.15) is 0 Å². The third kappa shape index (κ3) is 11.9. The lowest BCUT2D eigenvalue weighted by atomic mass is 10.2. The highest BCUT2D eigenvalue weighted by atomic mass is 31.2. The van der Waals surface area contributed by atoms with E-state index >= 15 is 0 Å². The van der Waals surface area contributed by atoms with Crippen molar-refractivity contribution in [1.29, 1.82) is 5.26 Å². The van der Waals surface area contributed by atoms with Crippen molar-refractivity contribution >= 4 is 8.45 Å². The van der Waals surface area contributed by atoms with Gasteiger partial charge in [-0.05, 0) is 61.3 Å². The van der Waals surface area contributed by atoms with Crippen LogP contribution in [-0.4, -0.2) is 40.1 Å². The van der Waals surface area contributed by atoms with Gasteiger partial charge in [-0.3, -0.25) is 0 Å². The normalized spacial score (nSPS) is 14.4. The zero-order valence-corrected chi connectivity index (χ0v) is 20.0. The molecule has 0 aliphatic rings. The third-order valence-corrected chi connectivity index (χ3v) is 6.77. The molecule has 0 aromatic carbocycles. The maximum atomic E-state index is 7.32. The van der Waals surface area contributed by atoms with Gasteiger partial charge < -0.3 is 4.52 Å². The number of nitriles is 1. The van der Waals surface area contributed by atoms with E-state index in [1.165, 1.54) is 6.92 Å². The summed E-state index contributed by atoms with van der Waals surface area (Å²) in [5.74, 6) is 0. The van der Waals surface area contributed by atoms with E-state index < -0.39 is 8.45 Å². The Hall–Kier alpha value is -0.200. The lowest BCUT2D eigenvalue weighted by molar-refractivity contribution is 0.178. The van der Waals surface area contributed by atoms with Crippen molar-refractivity contribution in [2.75, 3.05) is 6.61 Å². The zero-order valence-electron chi connectivity index (χ0n) is 19.1. The van der Waals surface area contributed by atoms with Gasteiger partial charge in [-0.25, -0.2) is 9.34 Å². The molecular weight excluding hydrogens is 329 g/mol. The maximum Gasteiger partial charge on any atom is 0.188 e. The van der Waals surface area contributed by atoms with Crippen molar-refractivity contribution in [3.05, 3.63) is 0 Å². The molecule has 0 aliphatic carbocycles. The molecule has 0 heterocycles. The Labute approximate surface area is 160 Å². The first kappa shape index (κ1) is 29.6. The molecule has 0 bridgehead atoms. The molecule has 0 aromatic rings. The van der Waals surface area contributed by atoms with Crippen LogP contribution in [0.1, 0.15) is 95.9 Å². The van der Waals surface area contributed by atoms with Crippen LogP contribution in [0.3, 0.4) is 0 Å². The molecule has 0 fully saturated rings. The molecule has 152 valence electrons. The highest BCUT2D eigenvalue weighted by molar-refractivity contribution is 7.47. The molecule has 0 saturated heterocycles. The molecule has 25 heavy (non-hydrogen) atoms. The van der Waals surface area contributed by atoms with Crippen LogP contribution in [0.25, 0.3) is 0 Å². The first-order valence-electron chi connectivity index (χ1n) is 10.0. The predicted octanol–water partition coefficient (Wildman–Crippen LogP) is 6.82. The van der Waals surface area contributed by atoms with E-state index in [9.17, 15) is 0 Å². The molecule has 2 unspecified atom stereocenters. The Bertz CT molecular complexity index is 297. The Kier molecular flexibility index (Phi) is 22.0. The lowest BCUT2D eigenvalue weighted by Crippen LogP contribution is -2.44. The third-order valence-electron chi connectivity index (χ3n) is 3.78. The van der Waals surface area contributed by atoms with E-state index in [1.807, 2.05) is 13.8 Å². The SMILES string of the molecule is CC.CC#N.CCOP(N(C(C)C)C(C)CC)N(C(C)C)C(C)CC. The van der Waals surface area contributed by atoms with Crippen molar-refractivity contribution in [3.8, 4) is 6.07 Å². The van der Waals surface area contributed by atoms with Gasteiger partial charge in [0.25, 0.3) is 0 Å². The first-order chi connectivity index (χ1) is 11.7. The molecule has 0 radical (unpaired) electrons. The van der Waals surface area contributed by atoms with Crippen LogP contribution in [0.15, 0.2) is 0 Å². The number of hydrogen-bond acceptors (Lipinski definition) is 4. The second kappa shape index (κ2) is 18.6. The molecule has 0 saturated carbocycles. The monoisotopic (exact) mass is 375 g/mol. The highest BCUT2D eigenvalue weighted by Crippen LogP contribution is 2.51. The Balaban J connectivity index is -0.000000866. The maximum absolute atomic E-state index is 7.32. The molecule has 0 aromatic heterocycles. The van der Waals surface area contributed by atoms with Gasteiger partial charge in [-0.1, -0.05) is 27.7 Å². The average molecular weight is 376 g/mol. The van der Waals surface area contributed by atoms with Crippen molar-refractivity contribution in [3.63, 3.8) is 0 Å². The minimum Gasteiger partial charge on any atom is -0.332 e. The summed E-state index contributed by atoms with van der Waals surface area (Å²) in [6, 6.07) is 3.87. The van der Waals surface area contributed by atoms with Gasteiger partial charge in [0.05, 0.1) is 12.7 Å². The van der Waals surface area contributed by atoms with Gasteiger partial charge in [-0.15, -0.1) is 0 Å². The summed E-state index contributed by atoms with van der Waals surface area (Å²) in [6.45, 7) is 26.7. The fraction of sp³-hybridized carbons (Fsp3) is 0.950. The van der Waals surface area contributed by atoms with Gasteiger partial charge >= 0.3 is 0 Å². The van der Waals surface area contributed by atoms with E-state index in [-0.39, 0.29) is 0 Å². The topological polar surface area (TPSA) is 39.5 Å². The second-order valence-electron chi connectivity index (χ2n) is 6.36. The zero-order chi connectivity index (χ0) is 20.6. The van der Waals surface area contributed by atoms with E-state index in [1.54, 1.807) is 6.07 Å². The summed E-state index contributed by atoms with van der Waals surface area (Å²) < 4.78 is 11.4. The number of rotatable bonds is 10. The second-order valence-corrected chi connectivity index (χ2v) is 8.04. The van der Waals surface area contributed by atoms with E-state index in [0.29, 0.717) is 24.2 Å². The molecule has 5 heteroatoms. The summed E-state index contributed by atoms with van der Waals surface area (Å²) in [5, 5.41) is 7.32. The average Bonchev–Trinajstić information content (AvgIpc) is 2.56. The van der Waals surface area contributed by atoms with Crippen LogP contribution >= 0.6 is 8.45 Å². The minimum atomic E-state index is -0.690. The van der Waals surface area contributed by atoms with Crippen molar-refractivity contribution < 1.29 is 4.52 Å². The molecule has 2 atom stereocenters. The van der Waals surface area contributed by atoms with Crippen LogP contribution < -0.4 is 0 Å². The first-order valence-corrected chi connectivity index (χ1v) is 11.2. The molecule has 0 aliphatic heterocycles. The van der Waals surface area contributed by atoms with Crippen LogP contribution in [0.5, 0.6) is 0 Å². The molecule has 0 amide bonds. The van der Waals surface area contributed by atoms with Crippen LogP contribution in [0.2, 0.25) is 0 Å². The van der Waals surface area contributed by atoms with Crippen LogP contribution in [0, 0.1) is 11.3 Å². The fourth-order valence-corrected chi connectivity index (χ4v) is 5.02. The lowest BCUT2D eigenvalue weighted by Gasteiger charge is -2.46. The van der Waals surface area contributed by atoms with Gasteiger partial charge in [0.15, 0.2) is 8.45 Å². The van der Waals surface area contributed by atoms with Gasteiger partial charge in [-0.2, -0.15) is 5.26 Å². The van der Waals surface area contributed by atoms with Gasteiger partial charge in [0.2, 0.25) is 0 Å². The van der Waals surface area contributed by atoms with E-state index in [4.69, 9.17) is 9.79 Å². The summed E-state index contributed by atoms with van der Waals surface area (Å²) >= 11 is 0.